The predicted octanol–water partition coefficient (Wildman–Crippen LogP) is 3.33. The number of amides is 3. The van der Waals surface area contributed by atoms with Crippen molar-refractivity contribution in [1.29, 1.82) is 0 Å². The minimum atomic E-state index is -0.781. The number of ether oxygens (including phenoxy) is 1. The van der Waals surface area contributed by atoms with Crippen LogP contribution < -0.4 is 10.6 Å². The number of likely N-dealkylation sites (tertiary alicyclic amines) is 1. The topological polar surface area (TPSA) is 141 Å². The van der Waals surface area contributed by atoms with Crippen LogP contribution in [-0.4, -0.2) is 95.0 Å². The van der Waals surface area contributed by atoms with Gasteiger partial charge in [0.25, 0.3) is 5.91 Å². The van der Waals surface area contributed by atoms with Gasteiger partial charge in [0.15, 0.2) is 6.10 Å². The molecule has 0 spiro atoms. The first kappa shape index (κ1) is 36.1. The second kappa shape index (κ2) is 18.0. The Bertz CT molecular complexity index is 1260. The molecule has 0 aliphatic carbocycles. The van der Waals surface area contributed by atoms with Crippen LogP contribution in [0.2, 0.25) is 0 Å². The van der Waals surface area contributed by atoms with Gasteiger partial charge in [-0.15, -0.1) is 11.3 Å². The standard InChI is InChI=1S/C33H49N5O6S/c1-6-15-38(30(41)19-34-32(43)27-14-10-11-16-37(27)5)28(22(2)3)18-29(44-23(4)40)33-36-26(21-45-33)31(42)35-25(20-39)17-24-12-8-7-9-13-24/h7-9,12-13,21-22,25,27-29,39H,6,10-11,14-20H2,1-5H3,(H,34,43)(H,35,42). The summed E-state index contributed by atoms with van der Waals surface area (Å²) in [6.07, 6.45) is 3.50. The summed E-state index contributed by atoms with van der Waals surface area (Å²) in [7, 11) is 1.93. The average Bonchev–Trinajstić information content (AvgIpc) is 3.51. The number of hydrogen-bond acceptors (Lipinski definition) is 9. The van der Waals surface area contributed by atoms with Gasteiger partial charge in [-0.3, -0.25) is 24.1 Å². The Balaban J connectivity index is 1.72. The Kier molecular flexibility index (Phi) is 14.4. The van der Waals surface area contributed by atoms with Crippen molar-refractivity contribution in [3.05, 3.63) is 52.0 Å². The molecular weight excluding hydrogens is 594 g/mol. The number of thiazole rings is 1. The van der Waals surface area contributed by atoms with Gasteiger partial charge in [0, 0.05) is 31.3 Å². The van der Waals surface area contributed by atoms with Gasteiger partial charge in [0.1, 0.15) is 10.7 Å². The number of likely N-dealkylation sites (N-methyl/N-ethyl adjacent to an activating group) is 1. The molecule has 0 radical (unpaired) electrons. The molecule has 0 saturated carbocycles. The van der Waals surface area contributed by atoms with Crippen molar-refractivity contribution >= 4 is 35.0 Å². The molecule has 3 rings (SSSR count). The Labute approximate surface area is 270 Å². The molecule has 1 aliphatic heterocycles. The second-order valence-electron chi connectivity index (χ2n) is 12.1. The molecule has 0 bridgehead atoms. The first-order valence-electron chi connectivity index (χ1n) is 15.9. The van der Waals surface area contributed by atoms with Crippen molar-refractivity contribution < 1.29 is 29.0 Å². The van der Waals surface area contributed by atoms with Crippen LogP contribution in [0.3, 0.4) is 0 Å². The van der Waals surface area contributed by atoms with Crippen LogP contribution in [0.1, 0.15) is 87.0 Å². The number of carbonyl (C=O) groups excluding carboxylic acids is 4. The fourth-order valence-electron chi connectivity index (χ4n) is 5.74. The van der Waals surface area contributed by atoms with E-state index in [4.69, 9.17) is 4.74 Å². The van der Waals surface area contributed by atoms with Crippen molar-refractivity contribution in [3.63, 3.8) is 0 Å². The summed E-state index contributed by atoms with van der Waals surface area (Å²) in [4.78, 5) is 60.0. The highest BCUT2D eigenvalue weighted by Crippen LogP contribution is 2.31. The lowest BCUT2D eigenvalue weighted by Crippen LogP contribution is -2.52. The minimum Gasteiger partial charge on any atom is -0.455 e. The largest absolute Gasteiger partial charge is 0.455 e. The van der Waals surface area contributed by atoms with E-state index in [0.717, 1.165) is 31.4 Å². The van der Waals surface area contributed by atoms with Crippen LogP contribution in [-0.2, 0) is 25.5 Å². The first-order chi connectivity index (χ1) is 21.5. The maximum atomic E-state index is 13.5. The van der Waals surface area contributed by atoms with Gasteiger partial charge in [-0.05, 0) is 50.8 Å². The monoisotopic (exact) mass is 643 g/mol. The lowest BCUT2D eigenvalue weighted by molar-refractivity contribution is -0.149. The average molecular weight is 644 g/mol. The normalized spacial score (nSPS) is 17.3. The molecule has 248 valence electrons. The Morgan fingerprint density at radius 3 is 2.53 bits per heavy atom. The molecule has 4 unspecified atom stereocenters. The Morgan fingerprint density at radius 1 is 1.18 bits per heavy atom. The number of aliphatic hydroxyl groups is 1. The maximum absolute atomic E-state index is 13.5. The molecule has 2 heterocycles. The van der Waals surface area contributed by atoms with Crippen LogP contribution in [0.5, 0.6) is 0 Å². The third kappa shape index (κ3) is 10.9. The highest BCUT2D eigenvalue weighted by molar-refractivity contribution is 7.09. The van der Waals surface area contributed by atoms with Gasteiger partial charge in [-0.2, -0.15) is 0 Å². The van der Waals surface area contributed by atoms with E-state index in [1.807, 2.05) is 63.1 Å². The van der Waals surface area contributed by atoms with Gasteiger partial charge in [0.05, 0.1) is 25.2 Å². The van der Waals surface area contributed by atoms with Gasteiger partial charge in [-0.1, -0.05) is 57.5 Å². The highest BCUT2D eigenvalue weighted by Gasteiger charge is 2.33. The molecule has 1 aliphatic rings. The van der Waals surface area contributed by atoms with Crippen molar-refractivity contribution in [2.45, 2.75) is 90.4 Å². The molecule has 12 heteroatoms. The van der Waals surface area contributed by atoms with E-state index in [1.165, 1.54) is 18.3 Å². The van der Waals surface area contributed by atoms with E-state index in [2.05, 4.69) is 15.6 Å². The van der Waals surface area contributed by atoms with Crippen LogP contribution in [0.4, 0.5) is 0 Å². The zero-order valence-corrected chi connectivity index (χ0v) is 28.0. The summed E-state index contributed by atoms with van der Waals surface area (Å²) in [5.74, 6) is -1.26. The summed E-state index contributed by atoms with van der Waals surface area (Å²) >= 11 is 1.21. The zero-order valence-electron chi connectivity index (χ0n) is 27.2. The molecule has 45 heavy (non-hydrogen) atoms. The van der Waals surface area contributed by atoms with Crippen LogP contribution in [0.25, 0.3) is 0 Å². The molecule has 1 saturated heterocycles. The third-order valence-corrected chi connectivity index (χ3v) is 9.05. The number of piperidine rings is 1. The number of nitrogens with one attached hydrogen (secondary N) is 2. The van der Waals surface area contributed by atoms with Crippen LogP contribution >= 0.6 is 11.3 Å². The number of hydrogen-bond donors (Lipinski definition) is 3. The summed E-state index contributed by atoms with van der Waals surface area (Å²) in [5.41, 5.74) is 1.15. The van der Waals surface area contributed by atoms with Crippen molar-refractivity contribution in [1.82, 2.24) is 25.4 Å². The summed E-state index contributed by atoms with van der Waals surface area (Å²) in [6.45, 7) is 8.30. The van der Waals surface area contributed by atoms with Crippen LogP contribution in [0.15, 0.2) is 35.7 Å². The fourth-order valence-corrected chi connectivity index (χ4v) is 6.58. The van der Waals surface area contributed by atoms with Gasteiger partial charge < -0.3 is 25.4 Å². The van der Waals surface area contributed by atoms with E-state index < -0.39 is 24.0 Å². The predicted molar refractivity (Wildman–Crippen MR) is 174 cm³/mol. The van der Waals surface area contributed by atoms with Crippen molar-refractivity contribution in [2.75, 3.05) is 33.3 Å². The third-order valence-electron chi connectivity index (χ3n) is 8.12. The lowest BCUT2D eigenvalue weighted by atomic mass is 9.95. The van der Waals surface area contributed by atoms with Crippen molar-refractivity contribution in [3.8, 4) is 0 Å². The smallest absolute Gasteiger partial charge is 0.303 e. The molecule has 4 atom stereocenters. The molecule has 3 N–H and O–H groups in total. The van der Waals surface area contributed by atoms with E-state index in [1.54, 1.807) is 10.3 Å². The Morgan fingerprint density at radius 2 is 1.91 bits per heavy atom. The van der Waals surface area contributed by atoms with Crippen LogP contribution in [0, 0.1) is 5.92 Å². The van der Waals surface area contributed by atoms with Gasteiger partial charge >= 0.3 is 5.97 Å². The quantitative estimate of drug-likeness (QED) is 0.237. The SMILES string of the molecule is CCCN(C(=O)CNC(=O)C1CCCCN1C)C(CC(OC(C)=O)c1nc(C(=O)NC(CO)Cc2ccccc2)cs1)C(C)C. The summed E-state index contributed by atoms with van der Waals surface area (Å²) < 4.78 is 5.71. The van der Waals surface area contributed by atoms with Gasteiger partial charge in [0.2, 0.25) is 11.8 Å². The Hall–Kier alpha value is -3.35. The van der Waals surface area contributed by atoms with Crippen molar-refractivity contribution in [2.24, 2.45) is 5.92 Å². The van der Waals surface area contributed by atoms with E-state index in [0.29, 0.717) is 24.4 Å². The molecule has 11 nitrogen and oxygen atoms in total. The highest BCUT2D eigenvalue weighted by atomic mass is 32.1. The summed E-state index contributed by atoms with van der Waals surface area (Å²) in [5, 5.41) is 17.6. The molecule has 1 aromatic heterocycles. The number of nitrogens with zero attached hydrogens (tertiary/aromatic N) is 3. The van der Waals surface area contributed by atoms with E-state index >= 15 is 0 Å². The zero-order chi connectivity index (χ0) is 32.9. The molecule has 1 aromatic carbocycles. The number of esters is 1. The van der Waals surface area contributed by atoms with Gasteiger partial charge in [-0.25, -0.2) is 4.98 Å². The van der Waals surface area contributed by atoms with E-state index in [9.17, 15) is 24.3 Å². The number of aromatic nitrogens is 1. The molecule has 2 aromatic rings. The molecular formula is C33H49N5O6S. The lowest BCUT2D eigenvalue weighted by Gasteiger charge is -2.36. The fraction of sp³-hybridized carbons (Fsp3) is 0.606. The minimum absolute atomic E-state index is 0.00441. The molecule has 1 fully saturated rings. The number of aliphatic hydroxyl groups excluding tert-OH is 1. The van der Waals surface area contributed by atoms with E-state index in [-0.39, 0.29) is 55.1 Å². The maximum Gasteiger partial charge on any atom is 0.303 e. The first-order valence-corrected chi connectivity index (χ1v) is 16.8. The number of benzene rings is 1. The number of rotatable bonds is 16. The second-order valence-corrected chi connectivity index (χ2v) is 12.9. The summed E-state index contributed by atoms with van der Waals surface area (Å²) in [6, 6.07) is 8.53. The molecule has 3 amide bonds. The number of carbonyl (C=O) groups is 4.